The molecule has 0 fully saturated rings. The molecule has 0 amide bonds. The summed E-state index contributed by atoms with van der Waals surface area (Å²) in [6, 6.07) is 0. The first-order valence-electron chi connectivity index (χ1n) is 1.99. The van der Waals surface area contributed by atoms with Crippen molar-refractivity contribution in [3.8, 4) is 0 Å². The third-order valence-corrected chi connectivity index (χ3v) is 0.503. The Morgan fingerprint density at radius 1 is 1.62 bits per heavy atom. The van der Waals surface area contributed by atoms with Crippen LogP contribution in [0.2, 0.25) is 0 Å². The molecule has 8 heavy (non-hydrogen) atoms. The molecular formula is C4H7F2NaO. The van der Waals surface area contributed by atoms with Crippen molar-refractivity contribution in [3.63, 3.8) is 0 Å². The van der Waals surface area contributed by atoms with E-state index in [1.54, 1.807) is 0 Å². The molecule has 0 radical (unpaired) electrons. The van der Waals surface area contributed by atoms with Gasteiger partial charge in [-0.25, -0.2) is 8.78 Å². The first-order chi connectivity index (χ1) is 3.27. The number of aldehydes is 1. The minimum absolute atomic E-state index is 0. The Hall–Kier alpha value is 0.530. The van der Waals surface area contributed by atoms with E-state index in [1.807, 2.05) is 0 Å². The molecule has 1 nitrogen and oxygen atoms in total. The average Bonchev–Trinajstić information content (AvgIpc) is 1.61. The molecular weight excluding hydrogens is 125 g/mol. The molecule has 0 unspecified atom stereocenters. The van der Waals surface area contributed by atoms with E-state index in [9.17, 15) is 13.6 Å². The van der Waals surface area contributed by atoms with E-state index < -0.39 is 6.43 Å². The number of rotatable bonds is 3. The van der Waals surface area contributed by atoms with Crippen LogP contribution in [0.5, 0.6) is 0 Å². The zero-order valence-corrected chi connectivity index (χ0v) is 6.73. The number of hydrogen-bond acceptors (Lipinski definition) is 1. The standard InChI is InChI=1S/C4H6F2O.Na.H/c5-4(6)2-1-3-7;;/h3-4H,1-2H2;;/q;+1;-1. The van der Waals surface area contributed by atoms with Crippen molar-refractivity contribution in [1.82, 2.24) is 0 Å². The summed E-state index contributed by atoms with van der Waals surface area (Å²) in [6.45, 7) is 0. The molecule has 0 aromatic rings. The first-order valence-corrected chi connectivity index (χ1v) is 1.99. The SMILES string of the molecule is O=CCCC(F)F.[H-].[Na+]. The van der Waals surface area contributed by atoms with Crippen molar-refractivity contribution in [3.05, 3.63) is 0 Å². The van der Waals surface area contributed by atoms with Crippen molar-refractivity contribution < 1.29 is 44.6 Å². The maximum atomic E-state index is 11.1. The molecule has 0 aliphatic heterocycles. The Balaban J connectivity index is -0.000000180. The molecule has 0 N–H and O–H groups in total. The van der Waals surface area contributed by atoms with Crippen LogP contribution in [0.4, 0.5) is 8.78 Å². The second kappa shape index (κ2) is 7.53. The predicted molar refractivity (Wildman–Crippen MR) is 22.4 cm³/mol. The largest absolute Gasteiger partial charge is 1.00 e. The van der Waals surface area contributed by atoms with Gasteiger partial charge in [-0.15, -0.1) is 0 Å². The van der Waals surface area contributed by atoms with E-state index in [0.29, 0.717) is 6.29 Å². The predicted octanol–water partition coefficient (Wildman–Crippen LogP) is -1.65. The number of carbonyl (C=O) groups is 1. The van der Waals surface area contributed by atoms with Gasteiger partial charge in [0, 0.05) is 12.8 Å². The van der Waals surface area contributed by atoms with Crippen LogP contribution in [0.3, 0.4) is 0 Å². The van der Waals surface area contributed by atoms with E-state index in [0.717, 1.165) is 0 Å². The van der Waals surface area contributed by atoms with Crippen molar-refractivity contribution in [1.29, 1.82) is 0 Å². The second-order valence-electron chi connectivity index (χ2n) is 1.14. The molecule has 44 valence electrons. The number of carbonyl (C=O) groups excluding carboxylic acids is 1. The van der Waals surface area contributed by atoms with Gasteiger partial charge < -0.3 is 6.22 Å². The van der Waals surface area contributed by atoms with Gasteiger partial charge in [0.25, 0.3) is 0 Å². The molecule has 0 aliphatic carbocycles. The number of alkyl halides is 2. The third-order valence-electron chi connectivity index (χ3n) is 0.503. The minimum Gasteiger partial charge on any atom is -1.00 e. The smallest absolute Gasteiger partial charge is 1.00 e. The first kappa shape index (κ1) is 11.3. The van der Waals surface area contributed by atoms with E-state index in [1.165, 1.54) is 0 Å². The summed E-state index contributed by atoms with van der Waals surface area (Å²) in [5.41, 5.74) is 0. The minimum atomic E-state index is -2.33. The van der Waals surface area contributed by atoms with Crippen LogP contribution in [-0.2, 0) is 4.79 Å². The molecule has 0 aliphatic rings. The van der Waals surface area contributed by atoms with Crippen LogP contribution in [0.15, 0.2) is 0 Å². The summed E-state index contributed by atoms with van der Waals surface area (Å²) in [5.74, 6) is 0. The molecule has 0 bridgehead atoms. The van der Waals surface area contributed by atoms with E-state index >= 15 is 0 Å². The molecule has 0 atom stereocenters. The second-order valence-corrected chi connectivity index (χ2v) is 1.14. The van der Waals surface area contributed by atoms with Gasteiger partial charge in [-0.1, -0.05) is 0 Å². The van der Waals surface area contributed by atoms with Crippen LogP contribution in [0, 0.1) is 0 Å². The summed E-state index contributed by atoms with van der Waals surface area (Å²) >= 11 is 0. The van der Waals surface area contributed by atoms with E-state index in [2.05, 4.69) is 0 Å². The van der Waals surface area contributed by atoms with Gasteiger partial charge in [-0.05, 0) is 0 Å². The topological polar surface area (TPSA) is 17.1 Å². The van der Waals surface area contributed by atoms with Gasteiger partial charge in [0.05, 0.1) is 0 Å². The average molecular weight is 132 g/mol. The zero-order valence-electron chi connectivity index (χ0n) is 5.73. The van der Waals surface area contributed by atoms with Crippen LogP contribution in [0.1, 0.15) is 14.3 Å². The molecule has 0 heterocycles. The van der Waals surface area contributed by atoms with E-state index in [4.69, 9.17) is 0 Å². The quantitative estimate of drug-likeness (QED) is 0.332. The fourth-order valence-corrected chi connectivity index (χ4v) is 0.194. The van der Waals surface area contributed by atoms with Crippen LogP contribution in [0.25, 0.3) is 0 Å². The Morgan fingerprint density at radius 3 is 2.25 bits per heavy atom. The van der Waals surface area contributed by atoms with Crippen molar-refractivity contribution in [2.45, 2.75) is 19.3 Å². The normalized spacial score (nSPS) is 8.38. The number of hydrogen-bond donors (Lipinski definition) is 0. The van der Waals surface area contributed by atoms with Gasteiger partial charge in [0.15, 0.2) is 0 Å². The number of halogens is 2. The molecule has 0 rings (SSSR count). The van der Waals surface area contributed by atoms with Gasteiger partial charge in [0.2, 0.25) is 6.43 Å². The zero-order chi connectivity index (χ0) is 5.70. The van der Waals surface area contributed by atoms with Crippen molar-refractivity contribution in [2.24, 2.45) is 0 Å². The van der Waals surface area contributed by atoms with Gasteiger partial charge >= 0.3 is 29.6 Å². The van der Waals surface area contributed by atoms with Crippen molar-refractivity contribution in [2.75, 3.05) is 0 Å². The van der Waals surface area contributed by atoms with Crippen molar-refractivity contribution >= 4 is 6.29 Å². The molecule has 0 spiro atoms. The Bertz CT molecular complexity index is 62.5. The summed E-state index contributed by atoms with van der Waals surface area (Å²) in [6.07, 6.45) is -2.17. The van der Waals surface area contributed by atoms with E-state index in [-0.39, 0.29) is 43.8 Å². The van der Waals surface area contributed by atoms with Crippen LogP contribution < -0.4 is 29.6 Å². The summed E-state index contributed by atoms with van der Waals surface area (Å²) in [4.78, 5) is 9.38. The summed E-state index contributed by atoms with van der Waals surface area (Å²) < 4.78 is 22.1. The fraction of sp³-hybridized carbons (Fsp3) is 0.750. The Morgan fingerprint density at radius 2 is 2.12 bits per heavy atom. The molecule has 0 saturated heterocycles. The Kier molecular flexibility index (Phi) is 10.7. The molecule has 4 heteroatoms. The monoisotopic (exact) mass is 132 g/mol. The van der Waals surface area contributed by atoms with Crippen LogP contribution in [-0.4, -0.2) is 12.7 Å². The fourth-order valence-electron chi connectivity index (χ4n) is 0.194. The van der Waals surface area contributed by atoms with Gasteiger partial charge in [0.1, 0.15) is 6.29 Å². The molecule has 0 aromatic heterocycles. The van der Waals surface area contributed by atoms with Gasteiger partial charge in [-0.3, -0.25) is 0 Å². The summed E-state index contributed by atoms with van der Waals surface area (Å²) in [5, 5.41) is 0. The summed E-state index contributed by atoms with van der Waals surface area (Å²) in [7, 11) is 0. The third kappa shape index (κ3) is 9.73. The molecule has 0 aromatic carbocycles. The maximum Gasteiger partial charge on any atom is 1.00 e. The Labute approximate surface area is 70.2 Å². The molecule has 0 saturated carbocycles. The maximum absolute atomic E-state index is 11.1. The van der Waals surface area contributed by atoms with Crippen LogP contribution >= 0.6 is 0 Å². The van der Waals surface area contributed by atoms with Gasteiger partial charge in [-0.2, -0.15) is 0 Å².